The number of nitrogens with one attached hydrogen (secondary N) is 2. The largest absolute Gasteiger partial charge is 0.494 e. The Bertz CT molecular complexity index is 1360. The van der Waals surface area contributed by atoms with Gasteiger partial charge in [0.05, 0.1) is 11.5 Å². The first-order valence-corrected chi connectivity index (χ1v) is 12.6. The fraction of sp³-hybridized carbons (Fsp3) is 0.200. The summed E-state index contributed by atoms with van der Waals surface area (Å²) in [6.45, 7) is 4.36. The van der Waals surface area contributed by atoms with Crippen LogP contribution in [0.3, 0.4) is 0 Å². The maximum atomic E-state index is 13.0. The van der Waals surface area contributed by atoms with Gasteiger partial charge in [-0.05, 0) is 73.7 Å². The van der Waals surface area contributed by atoms with Gasteiger partial charge in [-0.1, -0.05) is 41.4 Å². The Balaban J connectivity index is 1.49. The van der Waals surface area contributed by atoms with E-state index in [4.69, 9.17) is 27.9 Å². The van der Waals surface area contributed by atoms with Crippen molar-refractivity contribution in [3.05, 3.63) is 87.3 Å². The van der Waals surface area contributed by atoms with Gasteiger partial charge in [-0.3, -0.25) is 9.52 Å². The second-order valence-corrected chi connectivity index (χ2v) is 9.76. The number of nitrogens with zero attached hydrogens (tertiary/aromatic N) is 1. The zero-order valence-corrected chi connectivity index (χ0v) is 21.0. The lowest BCUT2D eigenvalue weighted by Gasteiger charge is -2.11. The molecule has 1 atom stereocenters. The fourth-order valence-corrected chi connectivity index (χ4v) is 5.01. The fourth-order valence-electron chi connectivity index (χ4n) is 3.78. The molecule has 6 nitrogen and oxygen atoms in total. The molecule has 34 heavy (non-hydrogen) atoms. The first kappa shape index (κ1) is 24.3. The lowest BCUT2D eigenvalue weighted by Crippen LogP contribution is -2.27. The minimum Gasteiger partial charge on any atom is -0.494 e. The highest BCUT2D eigenvalue weighted by Gasteiger charge is 2.20. The number of para-hydroxylation sites is 1. The van der Waals surface area contributed by atoms with Gasteiger partial charge < -0.3 is 9.72 Å². The summed E-state index contributed by atoms with van der Waals surface area (Å²) >= 11 is 12.3. The van der Waals surface area contributed by atoms with E-state index >= 15 is 0 Å². The van der Waals surface area contributed by atoms with Gasteiger partial charge in [0.1, 0.15) is 16.6 Å². The maximum Gasteiger partial charge on any atom is 0.279 e. The normalized spacial score (nSPS) is 12.0. The van der Waals surface area contributed by atoms with Crippen molar-refractivity contribution in [1.29, 1.82) is 0 Å². The van der Waals surface area contributed by atoms with E-state index in [0.717, 1.165) is 38.4 Å². The summed E-state index contributed by atoms with van der Waals surface area (Å²) in [5.74, 6) is 0.286. The van der Waals surface area contributed by atoms with Crippen molar-refractivity contribution in [1.82, 2.24) is 14.7 Å². The molecular weight excluding hydrogens is 493 g/mol. The number of H-pyrrole nitrogens is 1. The van der Waals surface area contributed by atoms with Crippen molar-refractivity contribution in [2.45, 2.75) is 31.6 Å². The van der Waals surface area contributed by atoms with Crippen molar-refractivity contribution in [3.63, 3.8) is 0 Å². The van der Waals surface area contributed by atoms with E-state index in [2.05, 4.69) is 14.7 Å². The molecule has 0 bridgehead atoms. The lowest BCUT2D eigenvalue weighted by atomic mass is 10.1. The average Bonchev–Trinajstić information content (AvgIpc) is 3.19. The molecule has 0 aliphatic rings. The molecule has 1 unspecified atom stereocenters. The van der Waals surface area contributed by atoms with Crippen LogP contribution in [-0.4, -0.2) is 26.7 Å². The number of pyridine rings is 1. The Kier molecular flexibility index (Phi) is 7.56. The van der Waals surface area contributed by atoms with Gasteiger partial charge >= 0.3 is 0 Å². The minimum absolute atomic E-state index is 0.0859. The molecule has 1 amide bonds. The first-order chi connectivity index (χ1) is 16.3. The quantitative estimate of drug-likeness (QED) is 0.224. The number of carbonyl (C=O) groups is 1. The number of hydrogen-bond acceptors (Lipinski definition) is 4. The molecule has 0 radical (unpaired) electrons. The number of benzene rings is 2. The zero-order chi connectivity index (χ0) is 24.2. The smallest absolute Gasteiger partial charge is 0.279 e. The molecule has 4 rings (SSSR count). The number of fused-ring (bicyclic) bond motifs is 1. The van der Waals surface area contributed by atoms with Crippen LogP contribution in [0.5, 0.6) is 5.75 Å². The van der Waals surface area contributed by atoms with Crippen LogP contribution in [0.4, 0.5) is 0 Å². The summed E-state index contributed by atoms with van der Waals surface area (Å²) in [6.07, 6.45) is 2.77. The van der Waals surface area contributed by atoms with Crippen molar-refractivity contribution in [2.75, 3.05) is 6.61 Å². The third-order valence-corrected chi connectivity index (χ3v) is 7.51. The zero-order valence-electron chi connectivity index (χ0n) is 18.7. The van der Waals surface area contributed by atoms with Gasteiger partial charge in [-0.25, -0.2) is 9.19 Å². The number of aryl methyl sites for hydroxylation is 3. The predicted octanol–water partition coefficient (Wildman–Crippen LogP) is 5.95. The summed E-state index contributed by atoms with van der Waals surface area (Å²) < 4.78 is 21.1. The first-order valence-electron chi connectivity index (χ1n) is 10.7. The third kappa shape index (κ3) is 5.27. The summed E-state index contributed by atoms with van der Waals surface area (Å²) in [7, 11) is -1.84. The van der Waals surface area contributed by atoms with Gasteiger partial charge in [-0.15, -0.1) is 0 Å². The number of aromatic amines is 1. The second-order valence-electron chi connectivity index (χ2n) is 7.84. The van der Waals surface area contributed by atoms with Crippen LogP contribution in [0.25, 0.3) is 10.9 Å². The molecule has 9 heteroatoms. The van der Waals surface area contributed by atoms with Crippen molar-refractivity contribution in [3.8, 4) is 5.75 Å². The summed E-state index contributed by atoms with van der Waals surface area (Å²) in [5, 5.41) is 1.77. The topological polar surface area (TPSA) is 84.1 Å². The van der Waals surface area contributed by atoms with E-state index in [1.165, 1.54) is 6.20 Å². The van der Waals surface area contributed by atoms with Gasteiger partial charge in [0.2, 0.25) is 0 Å². The van der Waals surface area contributed by atoms with E-state index in [-0.39, 0.29) is 10.0 Å². The number of aromatic nitrogens is 2. The molecular formula is C25H23Cl2N3O3S. The molecule has 2 aromatic carbocycles. The Labute approximate surface area is 210 Å². The molecule has 0 aliphatic heterocycles. The molecule has 0 saturated heterocycles. The number of halogens is 2. The Morgan fingerprint density at radius 3 is 2.59 bits per heavy atom. The van der Waals surface area contributed by atoms with Crippen LogP contribution >= 0.6 is 23.2 Å². The van der Waals surface area contributed by atoms with Crippen LogP contribution in [0.2, 0.25) is 10.2 Å². The molecule has 0 fully saturated rings. The molecule has 2 aromatic heterocycles. The number of amides is 1. The van der Waals surface area contributed by atoms with E-state index < -0.39 is 16.9 Å². The van der Waals surface area contributed by atoms with E-state index in [1.54, 1.807) is 12.1 Å². The van der Waals surface area contributed by atoms with Crippen LogP contribution in [-0.2, 0) is 17.4 Å². The van der Waals surface area contributed by atoms with Crippen LogP contribution in [0.15, 0.2) is 59.6 Å². The molecule has 2 heterocycles. The number of rotatable bonds is 8. The highest BCUT2D eigenvalue weighted by atomic mass is 35.5. The second kappa shape index (κ2) is 10.6. The molecule has 2 N–H and O–H groups in total. The lowest BCUT2D eigenvalue weighted by molar-refractivity contribution is 0.0978. The van der Waals surface area contributed by atoms with E-state index in [9.17, 15) is 9.00 Å². The summed E-state index contributed by atoms with van der Waals surface area (Å²) in [5.41, 5.74) is 3.97. The van der Waals surface area contributed by atoms with Crippen molar-refractivity contribution in [2.24, 2.45) is 0 Å². The SMILES string of the molecule is Cc1cc(OCCCc2c(C(=O)NS(=O)c3cccnc3Cl)[nH]c3ccccc23)cc(C)c1Cl. The summed E-state index contributed by atoms with van der Waals surface area (Å²) in [6, 6.07) is 14.7. The highest BCUT2D eigenvalue weighted by Crippen LogP contribution is 2.27. The Hall–Kier alpha value is -2.87. The Morgan fingerprint density at radius 2 is 1.85 bits per heavy atom. The van der Waals surface area contributed by atoms with Crippen molar-refractivity contribution >= 4 is 51.0 Å². The maximum absolute atomic E-state index is 13.0. The average molecular weight is 516 g/mol. The standard InChI is InChI=1S/C25H23Cl2N3O3S/c1-15-13-17(14-16(2)22(15)26)33-12-6-8-19-18-7-3-4-9-20(18)29-23(19)25(31)30-34(32)21-10-5-11-28-24(21)27/h3-5,7,9-11,13-14,29H,6,8,12H2,1-2H3,(H,30,31). The number of carbonyl (C=O) groups excluding carboxylic acids is 1. The van der Waals surface area contributed by atoms with Gasteiger partial charge in [-0.2, -0.15) is 0 Å². The molecule has 0 saturated carbocycles. The number of hydrogen-bond donors (Lipinski definition) is 2. The van der Waals surface area contributed by atoms with Crippen LogP contribution < -0.4 is 9.46 Å². The summed E-state index contributed by atoms with van der Waals surface area (Å²) in [4.78, 5) is 20.4. The van der Waals surface area contributed by atoms with Gasteiger partial charge in [0.15, 0.2) is 11.0 Å². The van der Waals surface area contributed by atoms with Gasteiger partial charge in [0.25, 0.3) is 5.91 Å². The molecule has 0 aliphatic carbocycles. The van der Waals surface area contributed by atoms with Crippen molar-refractivity contribution < 1.29 is 13.7 Å². The molecule has 4 aromatic rings. The predicted molar refractivity (Wildman–Crippen MR) is 136 cm³/mol. The highest BCUT2D eigenvalue weighted by molar-refractivity contribution is 7.83. The van der Waals surface area contributed by atoms with E-state index in [1.807, 2.05) is 50.2 Å². The molecule has 176 valence electrons. The number of ether oxygens (including phenoxy) is 1. The van der Waals surface area contributed by atoms with Crippen LogP contribution in [0, 0.1) is 13.8 Å². The van der Waals surface area contributed by atoms with Crippen LogP contribution in [0.1, 0.15) is 33.6 Å². The van der Waals surface area contributed by atoms with E-state index in [0.29, 0.717) is 25.1 Å². The third-order valence-electron chi connectivity index (χ3n) is 5.40. The molecule has 0 spiro atoms. The monoisotopic (exact) mass is 515 g/mol. The minimum atomic E-state index is -1.84. The van der Waals surface area contributed by atoms with Gasteiger partial charge in [0, 0.05) is 22.1 Å². The Morgan fingerprint density at radius 1 is 1.12 bits per heavy atom.